The molecule has 1 unspecified atom stereocenters. The van der Waals surface area contributed by atoms with Gasteiger partial charge in [0.05, 0.1) is 6.07 Å². The summed E-state index contributed by atoms with van der Waals surface area (Å²) in [5, 5.41) is 8.25. The molecule has 0 aromatic heterocycles. The third-order valence-corrected chi connectivity index (χ3v) is 0.822. The van der Waals surface area contributed by atoms with Crippen LogP contribution in [0.3, 0.4) is 0 Å². The number of nitriles is 1. The average molecular weight is 127 g/mol. The van der Waals surface area contributed by atoms with Gasteiger partial charge in [-0.1, -0.05) is 0 Å². The van der Waals surface area contributed by atoms with Gasteiger partial charge in [0, 0.05) is 13.0 Å². The van der Waals surface area contributed by atoms with Crippen molar-refractivity contribution in [2.75, 3.05) is 6.61 Å². The van der Waals surface area contributed by atoms with Gasteiger partial charge in [-0.25, -0.2) is 0 Å². The average Bonchev–Trinajstić information content (AvgIpc) is 1.88. The number of rotatable bonds is 4. The Hall–Kier alpha value is -0.880. The highest BCUT2D eigenvalue weighted by Crippen LogP contribution is 1.92. The van der Waals surface area contributed by atoms with Gasteiger partial charge in [0.1, 0.15) is 6.29 Å². The molecule has 50 valence electrons. The quantitative estimate of drug-likeness (QED) is 0.517. The number of hydrogen-bond acceptors (Lipinski definition) is 3. The van der Waals surface area contributed by atoms with Crippen LogP contribution in [-0.2, 0) is 9.53 Å². The van der Waals surface area contributed by atoms with E-state index in [1.54, 1.807) is 6.92 Å². The number of carbonyl (C=O) groups excluding carboxylic acids is 1. The molecule has 0 bridgehead atoms. The van der Waals surface area contributed by atoms with Crippen molar-refractivity contribution in [3.8, 4) is 6.07 Å². The molecule has 0 aromatic carbocycles. The third kappa shape index (κ3) is 3.68. The zero-order valence-corrected chi connectivity index (χ0v) is 5.33. The lowest BCUT2D eigenvalue weighted by Crippen LogP contribution is -2.09. The van der Waals surface area contributed by atoms with E-state index in [-0.39, 0.29) is 6.42 Å². The fraction of sp³-hybridized carbons (Fsp3) is 0.667. The number of nitrogens with zero attached hydrogens (tertiary/aromatic N) is 1. The van der Waals surface area contributed by atoms with Crippen LogP contribution in [0.2, 0.25) is 0 Å². The van der Waals surface area contributed by atoms with Crippen molar-refractivity contribution in [1.82, 2.24) is 0 Å². The summed E-state index contributed by atoms with van der Waals surface area (Å²) in [7, 11) is 0. The first-order chi connectivity index (χ1) is 4.35. The van der Waals surface area contributed by atoms with Crippen molar-refractivity contribution in [2.45, 2.75) is 19.4 Å². The van der Waals surface area contributed by atoms with Crippen LogP contribution in [0.1, 0.15) is 13.3 Å². The van der Waals surface area contributed by atoms with Crippen molar-refractivity contribution in [1.29, 1.82) is 5.26 Å². The molecule has 0 aliphatic carbocycles. The van der Waals surface area contributed by atoms with Crippen LogP contribution < -0.4 is 0 Å². The van der Waals surface area contributed by atoms with Crippen molar-refractivity contribution in [3.05, 3.63) is 0 Å². The highest BCUT2D eigenvalue weighted by molar-refractivity contribution is 5.50. The Morgan fingerprint density at radius 3 is 2.89 bits per heavy atom. The van der Waals surface area contributed by atoms with Crippen LogP contribution in [0.4, 0.5) is 0 Å². The first kappa shape index (κ1) is 8.12. The van der Waals surface area contributed by atoms with Gasteiger partial charge in [0.25, 0.3) is 0 Å². The third-order valence-electron chi connectivity index (χ3n) is 0.822. The minimum atomic E-state index is -0.549. The summed E-state index contributed by atoms with van der Waals surface area (Å²) in [6, 6.07) is 1.85. The minimum absolute atomic E-state index is 0.171. The standard InChI is InChI=1S/C6H9NO2/c1-2-9-6(5-7)3-4-8/h4,6H,2-3H2,1H3. The second-order valence-electron chi connectivity index (χ2n) is 1.48. The van der Waals surface area contributed by atoms with Crippen molar-refractivity contribution >= 4 is 6.29 Å². The number of aldehydes is 1. The summed E-state index contributed by atoms with van der Waals surface area (Å²) < 4.78 is 4.84. The molecule has 0 saturated heterocycles. The van der Waals surface area contributed by atoms with Crippen LogP contribution in [-0.4, -0.2) is 19.0 Å². The van der Waals surface area contributed by atoms with E-state index in [1.807, 2.05) is 6.07 Å². The Kier molecular flexibility index (Phi) is 4.75. The first-order valence-corrected chi connectivity index (χ1v) is 2.80. The Morgan fingerprint density at radius 2 is 2.56 bits per heavy atom. The largest absolute Gasteiger partial charge is 0.363 e. The Morgan fingerprint density at radius 1 is 1.89 bits per heavy atom. The van der Waals surface area contributed by atoms with E-state index >= 15 is 0 Å². The number of ether oxygens (including phenoxy) is 1. The van der Waals surface area contributed by atoms with Crippen molar-refractivity contribution < 1.29 is 9.53 Å². The Balaban J connectivity index is 3.44. The molecular formula is C6H9NO2. The molecule has 3 heteroatoms. The van der Waals surface area contributed by atoms with Gasteiger partial charge in [-0.2, -0.15) is 5.26 Å². The first-order valence-electron chi connectivity index (χ1n) is 2.80. The van der Waals surface area contributed by atoms with Crippen LogP contribution in [0.25, 0.3) is 0 Å². The summed E-state index contributed by atoms with van der Waals surface area (Å²) in [4.78, 5) is 9.82. The molecule has 0 aliphatic heterocycles. The van der Waals surface area contributed by atoms with Crippen LogP contribution >= 0.6 is 0 Å². The molecular weight excluding hydrogens is 118 g/mol. The topological polar surface area (TPSA) is 50.1 Å². The molecule has 1 atom stereocenters. The minimum Gasteiger partial charge on any atom is -0.363 e. The van der Waals surface area contributed by atoms with E-state index in [4.69, 9.17) is 10.00 Å². The Labute approximate surface area is 54.2 Å². The lowest BCUT2D eigenvalue weighted by molar-refractivity contribution is -0.109. The molecule has 0 saturated carbocycles. The van der Waals surface area contributed by atoms with E-state index in [2.05, 4.69) is 0 Å². The van der Waals surface area contributed by atoms with E-state index < -0.39 is 6.10 Å². The smallest absolute Gasteiger partial charge is 0.150 e. The molecule has 0 radical (unpaired) electrons. The van der Waals surface area contributed by atoms with Crippen LogP contribution in [0.5, 0.6) is 0 Å². The Bertz CT molecular complexity index is 117. The van der Waals surface area contributed by atoms with Gasteiger partial charge in [0.15, 0.2) is 6.10 Å². The molecule has 0 heterocycles. The van der Waals surface area contributed by atoms with Gasteiger partial charge in [0.2, 0.25) is 0 Å². The van der Waals surface area contributed by atoms with Gasteiger partial charge in [-0.05, 0) is 6.92 Å². The molecule has 0 amide bonds. The van der Waals surface area contributed by atoms with E-state index in [0.29, 0.717) is 12.9 Å². The van der Waals surface area contributed by atoms with Crippen molar-refractivity contribution in [3.63, 3.8) is 0 Å². The molecule has 0 aliphatic rings. The molecule has 0 spiro atoms. The van der Waals surface area contributed by atoms with Gasteiger partial charge in [-0.15, -0.1) is 0 Å². The van der Waals surface area contributed by atoms with E-state index in [0.717, 1.165) is 0 Å². The second kappa shape index (κ2) is 5.26. The number of carbonyl (C=O) groups is 1. The maximum absolute atomic E-state index is 9.82. The predicted molar refractivity (Wildman–Crippen MR) is 31.7 cm³/mol. The lowest BCUT2D eigenvalue weighted by Gasteiger charge is -2.02. The highest BCUT2D eigenvalue weighted by atomic mass is 16.5. The summed E-state index contributed by atoms with van der Waals surface area (Å²) in [5.74, 6) is 0. The van der Waals surface area contributed by atoms with E-state index in [1.165, 1.54) is 0 Å². The normalized spacial score (nSPS) is 12.0. The SMILES string of the molecule is CCOC(C#N)CC=O. The van der Waals surface area contributed by atoms with Gasteiger partial charge < -0.3 is 9.53 Å². The van der Waals surface area contributed by atoms with Gasteiger partial charge in [-0.3, -0.25) is 0 Å². The number of hydrogen-bond donors (Lipinski definition) is 0. The zero-order chi connectivity index (χ0) is 7.11. The zero-order valence-electron chi connectivity index (χ0n) is 5.33. The monoisotopic (exact) mass is 127 g/mol. The predicted octanol–water partition coefficient (Wildman–Crippen LogP) is 0.504. The van der Waals surface area contributed by atoms with Crippen molar-refractivity contribution in [2.24, 2.45) is 0 Å². The molecule has 0 aromatic rings. The summed E-state index contributed by atoms with van der Waals surface area (Å²) >= 11 is 0. The fourth-order valence-corrected chi connectivity index (χ4v) is 0.447. The van der Waals surface area contributed by atoms with Crippen LogP contribution in [0.15, 0.2) is 0 Å². The summed E-state index contributed by atoms with van der Waals surface area (Å²) in [5.41, 5.74) is 0. The molecule has 0 fully saturated rings. The molecule has 0 rings (SSSR count). The lowest BCUT2D eigenvalue weighted by atomic mass is 10.3. The van der Waals surface area contributed by atoms with Gasteiger partial charge >= 0.3 is 0 Å². The summed E-state index contributed by atoms with van der Waals surface area (Å²) in [6.45, 7) is 2.27. The maximum atomic E-state index is 9.82. The molecule has 3 nitrogen and oxygen atoms in total. The second-order valence-corrected chi connectivity index (χ2v) is 1.48. The molecule has 9 heavy (non-hydrogen) atoms. The van der Waals surface area contributed by atoms with E-state index in [9.17, 15) is 4.79 Å². The highest BCUT2D eigenvalue weighted by Gasteiger charge is 2.02. The molecule has 0 N–H and O–H groups in total. The summed E-state index contributed by atoms with van der Waals surface area (Å²) in [6.07, 6.45) is 0.306. The maximum Gasteiger partial charge on any atom is 0.150 e. The fourth-order valence-electron chi connectivity index (χ4n) is 0.447. The van der Waals surface area contributed by atoms with Crippen LogP contribution in [0, 0.1) is 11.3 Å².